The molecule has 11 heteroatoms. The number of guanidine groups is 1. The molecule has 0 fully saturated rings. The molecule has 2 aromatic rings. The molecule has 6 nitrogen and oxygen atoms in total. The van der Waals surface area contributed by atoms with Crippen molar-refractivity contribution in [3.63, 3.8) is 0 Å². The smallest absolute Gasteiger partial charge is 0.387 e. The molecule has 178 valence electrons. The van der Waals surface area contributed by atoms with Crippen LogP contribution in [-0.2, 0) is 6.54 Å². The molecular formula is C21H27F4IN4O2. The first-order valence-electron chi connectivity index (χ1n) is 9.43. The number of alkyl halides is 2. The molecule has 2 rings (SSSR count). The molecule has 0 aromatic heterocycles. The minimum Gasteiger partial charge on any atom is -0.497 e. The van der Waals surface area contributed by atoms with Crippen molar-refractivity contribution in [3.8, 4) is 11.5 Å². The molecule has 0 amide bonds. The standard InChI is InChI=1S/C21H26F4N4O2.HI/c1-26-21(27-11-13-10-14(30-4)8-9-18(13)31-20(24)25)28-12-17(29(2)3)19-15(22)6-5-7-16(19)23;/h5-10,17,20H,11-12H2,1-4H3,(H2,26,27,28);1H. The van der Waals surface area contributed by atoms with Crippen molar-refractivity contribution in [2.75, 3.05) is 34.8 Å². The quantitative estimate of drug-likeness (QED) is 0.205. The first-order chi connectivity index (χ1) is 14.8. The van der Waals surface area contributed by atoms with Gasteiger partial charge in [0.1, 0.15) is 23.1 Å². The number of hydrogen-bond donors (Lipinski definition) is 2. The van der Waals surface area contributed by atoms with Crippen LogP contribution in [0.1, 0.15) is 17.2 Å². The van der Waals surface area contributed by atoms with Crippen LogP contribution in [0.2, 0.25) is 0 Å². The Labute approximate surface area is 202 Å². The van der Waals surface area contributed by atoms with Gasteiger partial charge in [0.05, 0.1) is 13.2 Å². The third kappa shape index (κ3) is 7.69. The van der Waals surface area contributed by atoms with Crippen molar-refractivity contribution in [3.05, 3.63) is 59.2 Å². The number of benzene rings is 2. The van der Waals surface area contributed by atoms with Gasteiger partial charge in [0.2, 0.25) is 0 Å². The van der Waals surface area contributed by atoms with Gasteiger partial charge in [0.25, 0.3) is 0 Å². The number of hydrogen-bond acceptors (Lipinski definition) is 4. The molecule has 0 saturated carbocycles. The van der Waals surface area contributed by atoms with Crippen molar-refractivity contribution in [2.45, 2.75) is 19.2 Å². The van der Waals surface area contributed by atoms with Gasteiger partial charge in [-0.2, -0.15) is 8.78 Å². The number of aliphatic imine (C=N–C) groups is 1. The molecule has 0 heterocycles. The van der Waals surface area contributed by atoms with Crippen LogP contribution in [-0.4, -0.2) is 52.3 Å². The van der Waals surface area contributed by atoms with Crippen molar-refractivity contribution in [2.24, 2.45) is 4.99 Å². The summed E-state index contributed by atoms with van der Waals surface area (Å²) in [6.07, 6.45) is 0. The van der Waals surface area contributed by atoms with Gasteiger partial charge in [-0.1, -0.05) is 6.07 Å². The Morgan fingerprint density at radius 1 is 1.09 bits per heavy atom. The topological polar surface area (TPSA) is 58.1 Å². The molecule has 0 aliphatic heterocycles. The molecule has 1 unspecified atom stereocenters. The molecule has 0 aliphatic rings. The highest BCUT2D eigenvalue weighted by Gasteiger charge is 2.22. The van der Waals surface area contributed by atoms with Gasteiger partial charge in [-0.25, -0.2) is 8.78 Å². The first-order valence-corrected chi connectivity index (χ1v) is 9.43. The SMILES string of the molecule is CN=C(NCc1cc(OC)ccc1OC(F)F)NCC(c1c(F)cccc1F)N(C)C.I. The maximum absolute atomic E-state index is 14.2. The number of nitrogens with zero attached hydrogens (tertiary/aromatic N) is 2. The number of likely N-dealkylation sites (N-methyl/N-ethyl adjacent to an activating group) is 1. The van der Waals surface area contributed by atoms with Crippen molar-refractivity contribution in [1.29, 1.82) is 0 Å². The highest BCUT2D eigenvalue weighted by Crippen LogP contribution is 2.26. The van der Waals surface area contributed by atoms with Gasteiger partial charge < -0.3 is 25.0 Å². The van der Waals surface area contributed by atoms with Gasteiger partial charge in [-0.05, 0) is 44.4 Å². The van der Waals surface area contributed by atoms with Gasteiger partial charge in [-0.3, -0.25) is 4.99 Å². The summed E-state index contributed by atoms with van der Waals surface area (Å²) in [6, 6.07) is 7.57. The Bertz CT molecular complexity index is 880. The summed E-state index contributed by atoms with van der Waals surface area (Å²) in [5.41, 5.74) is 0.364. The minimum absolute atomic E-state index is 0. The summed E-state index contributed by atoms with van der Waals surface area (Å²) in [5, 5.41) is 5.98. The first kappa shape index (κ1) is 27.8. The fourth-order valence-electron chi connectivity index (χ4n) is 3.00. The molecule has 0 radical (unpaired) electrons. The van der Waals surface area contributed by atoms with E-state index in [4.69, 9.17) is 4.74 Å². The monoisotopic (exact) mass is 570 g/mol. The fraction of sp³-hybridized carbons (Fsp3) is 0.381. The summed E-state index contributed by atoms with van der Waals surface area (Å²) in [6.45, 7) is -2.73. The lowest BCUT2D eigenvalue weighted by atomic mass is 10.0. The molecule has 0 bridgehead atoms. The molecule has 0 aliphatic carbocycles. The van der Waals surface area contributed by atoms with Crippen LogP contribution < -0.4 is 20.1 Å². The fourth-order valence-corrected chi connectivity index (χ4v) is 3.00. The zero-order valence-electron chi connectivity index (χ0n) is 18.2. The van der Waals surface area contributed by atoms with E-state index in [2.05, 4.69) is 20.4 Å². The van der Waals surface area contributed by atoms with E-state index in [9.17, 15) is 17.6 Å². The van der Waals surface area contributed by atoms with Gasteiger partial charge in [0, 0.05) is 31.3 Å². The van der Waals surface area contributed by atoms with Gasteiger partial charge >= 0.3 is 6.61 Å². The van der Waals surface area contributed by atoms with E-state index in [-0.39, 0.29) is 48.4 Å². The van der Waals surface area contributed by atoms with E-state index in [1.54, 1.807) is 25.1 Å². The lowest BCUT2D eigenvalue weighted by Gasteiger charge is -2.26. The lowest BCUT2D eigenvalue weighted by molar-refractivity contribution is -0.0505. The highest BCUT2D eigenvalue weighted by molar-refractivity contribution is 14.0. The second-order valence-electron chi connectivity index (χ2n) is 6.77. The van der Waals surface area contributed by atoms with E-state index in [0.717, 1.165) is 0 Å². The van der Waals surface area contributed by atoms with E-state index < -0.39 is 24.3 Å². The Morgan fingerprint density at radius 2 is 1.75 bits per heavy atom. The average molecular weight is 570 g/mol. The van der Waals surface area contributed by atoms with Gasteiger partial charge in [0.15, 0.2) is 5.96 Å². The zero-order chi connectivity index (χ0) is 23.0. The minimum atomic E-state index is -2.97. The second-order valence-corrected chi connectivity index (χ2v) is 6.77. The van der Waals surface area contributed by atoms with Crippen LogP contribution in [0.3, 0.4) is 0 Å². The number of nitrogens with one attached hydrogen (secondary N) is 2. The average Bonchev–Trinajstić information content (AvgIpc) is 2.72. The van der Waals surface area contributed by atoms with E-state index in [1.807, 2.05) is 0 Å². The molecule has 2 aromatic carbocycles. The molecular weight excluding hydrogens is 543 g/mol. The number of ether oxygens (including phenoxy) is 2. The highest BCUT2D eigenvalue weighted by atomic mass is 127. The van der Waals surface area contributed by atoms with Crippen LogP contribution in [0.25, 0.3) is 0 Å². The Kier molecular flexibility index (Phi) is 11.5. The summed E-state index contributed by atoms with van der Waals surface area (Å²) in [4.78, 5) is 5.75. The number of methoxy groups -OCH3 is 1. The molecule has 0 spiro atoms. The maximum Gasteiger partial charge on any atom is 0.387 e. The number of rotatable bonds is 9. The Morgan fingerprint density at radius 3 is 2.28 bits per heavy atom. The van der Waals surface area contributed by atoms with E-state index in [0.29, 0.717) is 17.3 Å². The van der Waals surface area contributed by atoms with Crippen molar-refractivity contribution in [1.82, 2.24) is 15.5 Å². The molecule has 1 atom stereocenters. The second kappa shape index (κ2) is 13.3. The summed E-state index contributed by atoms with van der Waals surface area (Å²) >= 11 is 0. The van der Waals surface area contributed by atoms with E-state index >= 15 is 0 Å². The maximum atomic E-state index is 14.2. The van der Waals surface area contributed by atoms with Crippen LogP contribution in [0, 0.1) is 11.6 Å². The van der Waals surface area contributed by atoms with Crippen LogP contribution >= 0.6 is 24.0 Å². The van der Waals surface area contributed by atoms with Crippen LogP contribution in [0.5, 0.6) is 11.5 Å². The Balaban J connectivity index is 0.00000512. The molecule has 0 saturated heterocycles. The molecule has 32 heavy (non-hydrogen) atoms. The normalized spacial score (nSPS) is 12.4. The summed E-state index contributed by atoms with van der Waals surface area (Å²) in [7, 11) is 6.40. The van der Waals surface area contributed by atoms with Gasteiger partial charge in [-0.15, -0.1) is 24.0 Å². The van der Waals surface area contributed by atoms with Crippen LogP contribution in [0.4, 0.5) is 17.6 Å². The molecule has 2 N–H and O–H groups in total. The number of halogens is 5. The Hall–Kier alpha value is -2.28. The zero-order valence-corrected chi connectivity index (χ0v) is 20.5. The van der Waals surface area contributed by atoms with Crippen molar-refractivity contribution < 1.29 is 27.0 Å². The van der Waals surface area contributed by atoms with Crippen molar-refractivity contribution >= 4 is 29.9 Å². The summed E-state index contributed by atoms with van der Waals surface area (Å²) in [5.74, 6) is -0.501. The summed E-state index contributed by atoms with van der Waals surface area (Å²) < 4.78 is 63.5. The third-order valence-corrected chi connectivity index (χ3v) is 4.57. The lowest BCUT2D eigenvalue weighted by Crippen LogP contribution is -2.42. The largest absolute Gasteiger partial charge is 0.497 e. The third-order valence-electron chi connectivity index (χ3n) is 4.57. The van der Waals surface area contributed by atoms with E-state index in [1.165, 1.54) is 44.5 Å². The predicted molar refractivity (Wildman–Crippen MR) is 126 cm³/mol. The van der Waals surface area contributed by atoms with Crippen LogP contribution in [0.15, 0.2) is 41.4 Å². The predicted octanol–water partition coefficient (Wildman–Crippen LogP) is 4.16.